The normalized spacial score (nSPS) is 11.9. The van der Waals surface area contributed by atoms with Crippen molar-refractivity contribution in [1.29, 1.82) is 0 Å². The van der Waals surface area contributed by atoms with Crippen molar-refractivity contribution in [1.82, 2.24) is 0 Å². The molecule has 0 spiro atoms. The van der Waals surface area contributed by atoms with E-state index in [0.717, 1.165) is 17.8 Å². The summed E-state index contributed by atoms with van der Waals surface area (Å²) in [5, 5.41) is 1.26. The molecule has 1 nitrogen and oxygen atoms in total. The molecule has 15 heavy (non-hydrogen) atoms. The number of hydrogen-bond acceptors (Lipinski definition) is 1. The van der Waals surface area contributed by atoms with Crippen LogP contribution >= 0.6 is 23.2 Å². The van der Waals surface area contributed by atoms with E-state index >= 15 is 0 Å². The fourth-order valence-electron chi connectivity index (χ4n) is 1.31. The highest BCUT2D eigenvalue weighted by Gasteiger charge is 1.97. The van der Waals surface area contributed by atoms with Crippen molar-refractivity contribution in [2.75, 3.05) is 0 Å². The average molecular weight is 244 g/mol. The SMILES string of the molecule is CCCCC(C)=Nc1cc(Cl)cc(Cl)c1. The monoisotopic (exact) mass is 243 g/mol. The quantitative estimate of drug-likeness (QED) is 0.639. The molecule has 0 aliphatic rings. The summed E-state index contributed by atoms with van der Waals surface area (Å²) >= 11 is 11.8. The Labute approximate surface area is 101 Å². The molecule has 82 valence electrons. The summed E-state index contributed by atoms with van der Waals surface area (Å²) in [4.78, 5) is 4.47. The van der Waals surface area contributed by atoms with E-state index < -0.39 is 0 Å². The lowest BCUT2D eigenvalue weighted by Gasteiger charge is -2.01. The van der Waals surface area contributed by atoms with Crippen molar-refractivity contribution in [3.05, 3.63) is 28.2 Å². The van der Waals surface area contributed by atoms with E-state index in [-0.39, 0.29) is 0 Å². The maximum atomic E-state index is 5.88. The van der Waals surface area contributed by atoms with Gasteiger partial charge in [-0.2, -0.15) is 0 Å². The summed E-state index contributed by atoms with van der Waals surface area (Å²) in [5.74, 6) is 0. The second-order valence-electron chi connectivity index (χ2n) is 3.58. The Balaban J connectivity index is 2.78. The summed E-state index contributed by atoms with van der Waals surface area (Å²) in [6.45, 7) is 4.20. The van der Waals surface area contributed by atoms with Crippen LogP contribution in [0.4, 0.5) is 5.69 Å². The second kappa shape index (κ2) is 6.14. The third-order valence-corrected chi connectivity index (χ3v) is 2.50. The molecule has 3 heteroatoms. The summed E-state index contributed by atoms with van der Waals surface area (Å²) in [7, 11) is 0. The molecule has 0 atom stereocenters. The Hall–Kier alpha value is -0.530. The summed E-state index contributed by atoms with van der Waals surface area (Å²) < 4.78 is 0. The Kier molecular flexibility index (Phi) is 5.13. The molecule has 0 amide bonds. The zero-order chi connectivity index (χ0) is 11.3. The number of nitrogens with zero attached hydrogens (tertiary/aromatic N) is 1. The predicted molar refractivity (Wildman–Crippen MR) is 68.8 cm³/mol. The van der Waals surface area contributed by atoms with Crippen LogP contribution in [0.25, 0.3) is 0 Å². The minimum absolute atomic E-state index is 0.629. The molecule has 0 aliphatic heterocycles. The van der Waals surface area contributed by atoms with Crippen LogP contribution in [0.5, 0.6) is 0 Å². The van der Waals surface area contributed by atoms with Crippen LogP contribution in [-0.4, -0.2) is 5.71 Å². The molecule has 0 unspecified atom stereocenters. The Morgan fingerprint density at radius 1 is 1.20 bits per heavy atom. The first kappa shape index (κ1) is 12.5. The average Bonchev–Trinajstić information content (AvgIpc) is 2.13. The van der Waals surface area contributed by atoms with E-state index in [2.05, 4.69) is 11.9 Å². The fourth-order valence-corrected chi connectivity index (χ4v) is 1.83. The molecular formula is C12H15Cl2N. The van der Waals surface area contributed by atoms with Gasteiger partial charge in [-0.1, -0.05) is 36.5 Å². The maximum Gasteiger partial charge on any atom is 0.0658 e. The highest BCUT2D eigenvalue weighted by Crippen LogP contribution is 2.24. The van der Waals surface area contributed by atoms with Crippen LogP contribution in [-0.2, 0) is 0 Å². The Bertz CT molecular complexity index is 338. The number of unbranched alkanes of at least 4 members (excludes halogenated alkanes) is 1. The van der Waals surface area contributed by atoms with Gasteiger partial charge in [-0.15, -0.1) is 0 Å². The molecule has 1 aromatic carbocycles. The van der Waals surface area contributed by atoms with Crippen molar-refractivity contribution in [2.24, 2.45) is 4.99 Å². The van der Waals surface area contributed by atoms with Gasteiger partial charge in [0, 0.05) is 15.8 Å². The maximum absolute atomic E-state index is 5.88. The summed E-state index contributed by atoms with van der Waals surface area (Å²) in [6, 6.07) is 5.36. The molecule has 0 aromatic heterocycles. The van der Waals surface area contributed by atoms with Crippen LogP contribution in [0.15, 0.2) is 23.2 Å². The largest absolute Gasteiger partial charge is 0.258 e. The van der Waals surface area contributed by atoms with E-state index in [0.29, 0.717) is 10.0 Å². The topological polar surface area (TPSA) is 12.4 Å². The van der Waals surface area contributed by atoms with Gasteiger partial charge in [-0.05, 0) is 38.0 Å². The van der Waals surface area contributed by atoms with Gasteiger partial charge in [0.25, 0.3) is 0 Å². The standard InChI is InChI=1S/C12H15Cl2N/c1-3-4-5-9(2)15-12-7-10(13)6-11(14)8-12/h6-8H,3-5H2,1-2H3. The summed E-state index contributed by atoms with van der Waals surface area (Å²) in [6.07, 6.45) is 3.38. The van der Waals surface area contributed by atoms with Gasteiger partial charge in [0.05, 0.1) is 5.69 Å². The molecule has 0 heterocycles. The number of benzene rings is 1. The van der Waals surface area contributed by atoms with Crippen molar-refractivity contribution >= 4 is 34.6 Å². The lowest BCUT2D eigenvalue weighted by molar-refractivity contribution is 0.833. The van der Waals surface area contributed by atoms with Crippen LogP contribution in [0.3, 0.4) is 0 Å². The zero-order valence-corrected chi connectivity index (χ0v) is 10.6. The minimum atomic E-state index is 0.629. The van der Waals surface area contributed by atoms with Crippen LogP contribution in [0, 0.1) is 0 Å². The van der Waals surface area contributed by atoms with Crippen molar-refractivity contribution in [3.8, 4) is 0 Å². The molecular weight excluding hydrogens is 229 g/mol. The molecule has 0 saturated heterocycles. The highest BCUT2D eigenvalue weighted by atomic mass is 35.5. The van der Waals surface area contributed by atoms with Gasteiger partial charge in [0.1, 0.15) is 0 Å². The molecule has 0 N–H and O–H groups in total. The number of hydrogen-bond donors (Lipinski definition) is 0. The van der Waals surface area contributed by atoms with Crippen LogP contribution in [0.2, 0.25) is 10.0 Å². The van der Waals surface area contributed by atoms with Crippen molar-refractivity contribution in [3.63, 3.8) is 0 Å². The Morgan fingerprint density at radius 2 is 1.80 bits per heavy atom. The van der Waals surface area contributed by atoms with E-state index in [1.165, 1.54) is 12.8 Å². The molecule has 0 aliphatic carbocycles. The summed E-state index contributed by atoms with van der Waals surface area (Å²) in [5.41, 5.74) is 1.95. The molecule has 0 radical (unpaired) electrons. The van der Waals surface area contributed by atoms with Gasteiger partial charge in [0.2, 0.25) is 0 Å². The van der Waals surface area contributed by atoms with Gasteiger partial charge in [-0.25, -0.2) is 0 Å². The lowest BCUT2D eigenvalue weighted by atomic mass is 10.2. The molecule has 0 fully saturated rings. The predicted octanol–water partition coefficient (Wildman–Crippen LogP) is 5.28. The third kappa shape index (κ3) is 4.67. The lowest BCUT2D eigenvalue weighted by Crippen LogP contribution is -1.89. The molecule has 0 saturated carbocycles. The molecule has 0 bridgehead atoms. The van der Waals surface area contributed by atoms with E-state index in [9.17, 15) is 0 Å². The highest BCUT2D eigenvalue weighted by molar-refractivity contribution is 6.35. The first-order valence-corrected chi connectivity index (χ1v) is 5.87. The first-order valence-electron chi connectivity index (χ1n) is 5.12. The minimum Gasteiger partial charge on any atom is -0.258 e. The van der Waals surface area contributed by atoms with E-state index in [1.807, 2.05) is 19.1 Å². The fraction of sp³-hybridized carbons (Fsp3) is 0.417. The number of halogens is 2. The van der Waals surface area contributed by atoms with Crippen LogP contribution < -0.4 is 0 Å². The van der Waals surface area contributed by atoms with Crippen molar-refractivity contribution < 1.29 is 0 Å². The second-order valence-corrected chi connectivity index (χ2v) is 4.45. The molecule has 1 rings (SSSR count). The van der Waals surface area contributed by atoms with Gasteiger partial charge >= 0.3 is 0 Å². The smallest absolute Gasteiger partial charge is 0.0658 e. The van der Waals surface area contributed by atoms with Gasteiger partial charge in [0.15, 0.2) is 0 Å². The van der Waals surface area contributed by atoms with Crippen LogP contribution in [0.1, 0.15) is 33.1 Å². The van der Waals surface area contributed by atoms with Crippen molar-refractivity contribution in [2.45, 2.75) is 33.1 Å². The number of aliphatic imine (C=N–C) groups is 1. The zero-order valence-electron chi connectivity index (χ0n) is 9.06. The first-order chi connectivity index (χ1) is 7.11. The molecule has 1 aromatic rings. The van der Waals surface area contributed by atoms with E-state index in [4.69, 9.17) is 23.2 Å². The number of rotatable bonds is 4. The van der Waals surface area contributed by atoms with Gasteiger partial charge < -0.3 is 0 Å². The van der Waals surface area contributed by atoms with E-state index in [1.54, 1.807) is 6.07 Å². The Morgan fingerprint density at radius 3 is 2.33 bits per heavy atom. The third-order valence-electron chi connectivity index (χ3n) is 2.06. The van der Waals surface area contributed by atoms with Gasteiger partial charge in [-0.3, -0.25) is 4.99 Å².